The molecule has 18 heavy (non-hydrogen) atoms. The molecule has 0 aliphatic rings. The molecule has 1 atom stereocenters. The number of nitrogens with one attached hydrogen (secondary N) is 2. The van der Waals surface area contributed by atoms with Crippen molar-refractivity contribution in [3.05, 3.63) is 26.7 Å². The van der Waals surface area contributed by atoms with Gasteiger partial charge in [-0.25, -0.2) is 9.78 Å². The Morgan fingerprint density at radius 2 is 1.89 bits per heavy atom. The fraction of sp³-hybridized carbons (Fsp3) is 0.583. The molecule has 0 saturated heterocycles. The third kappa shape index (κ3) is 1.87. The summed E-state index contributed by atoms with van der Waals surface area (Å²) in [5.41, 5.74) is -0.00708. The summed E-state index contributed by atoms with van der Waals surface area (Å²) in [6.45, 7) is 8.56. The van der Waals surface area contributed by atoms with Crippen LogP contribution in [0.3, 0.4) is 0 Å². The van der Waals surface area contributed by atoms with Crippen LogP contribution >= 0.6 is 0 Å². The predicted octanol–water partition coefficient (Wildman–Crippen LogP) is 1.19. The van der Waals surface area contributed by atoms with Crippen molar-refractivity contribution in [2.75, 3.05) is 0 Å². The molecule has 0 saturated carbocycles. The van der Waals surface area contributed by atoms with E-state index in [0.29, 0.717) is 23.6 Å². The van der Waals surface area contributed by atoms with Gasteiger partial charge in [-0.1, -0.05) is 20.8 Å². The van der Waals surface area contributed by atoms with Gasteiger partial charge < -0.3 is 4.98 Å². The van der Waals surface area contributed by atoms with Gasteiger partial charge in [0.05, 0.1) is 0 Å². The summed E-state index contributed by atoms with van der Waals surface area (Å²) in [5.74, 6) is 1.36. The number of aromatic amines is 2. The number of hydrogen-bond acceptors (Lipinski definition) is 3. The minimum absolute atomic E-state index is 0.206. The molecule has 2 rings (SSSR count). The highest BCUT2D eigenvalue weighted by Gasteiger charge is 2.17. The molecule has 0 fully saturated rings. The van der Waals surface area contributed by atoms with Gasteiger partial charge in [0, 0.05) is 12.5 Å². The molecule has 2 aromatic heterocycles. The summed E-state index contributed by atoms with van der Waals surface area (Å²) in [7, 11) is 0. The van der Waals surface area contributed by atoms with Crippen LogP contribution in [0.5, 0.6) is 0 Å². The third-order valence-corrected chi connectivity index (χ3v) is 3.40. The van der Waals surface area contributed by atoms with Gasteiger partial charge in [0.2, 0.25) is 0 Å². The molecule has 2 aromatic rings. The Kier molecular flexibility index (Phi) is 3.11. The average Bonchev–Trinajstić information content (AvgIpc) is 2.73. The molecule has 0 aromatic carbocycles. The van der Waals surface area contributed by atoms with Crippen LogP contribution in [0.2, 0.25) is 0 Å². The molecular weight excluding hydrogens is 232 g/mol. The Labute approximate surface area is 104 Å². The second kappa shape index (κ2) is 4.44. The maximum Gasteiger partial charge on any atom is 0.330 e. The number of rotatable bonds is 3. The first kappa shape index (κ1) is 12.6. The lowest BCUT2D eigenvalue weighted by Gasteiger charge is -2.11. The number of aromatic nitrogens is 4. The highest BCUT2D eigenvalue weighted by molar-refractivity contribution is 5.69. The lowest BCUT2D eigenvalue weighted by atomic mass is 9.98. The van der Waals surface area contributed by atoms with Crippen LogP contribution in [0.1, 0.15) is 39.4 Å². The first-order valence-electron chi connectivity index (χ1n) is 6.18. The van der Waals surface area contributed by atoms with Crippen LogP contribution in [0.25, 0.3) is 11.2 Å². The summed E-state index contributed by atoms with van der Waals surface area (Å²) in [6, 6.07) is 0. The second-order valence-electron chi connectivity index (χ2n) is 4.86. The van der Waals surface area contributed by atoms with Gasteiger partial charge in [-0.05, 0) is 12.8 Å². The maximum atomic E-state index is 11.7. The zero-order valence-electron chi connectivity index (χ0n) is 11.1. The summed E-state index contributed by atoms with van der Waals surface area (Å²) in [4.78, 5) is 33.1. The minimum Gasteiger partial charge on any atom is -0.336 e. The fourth-order valence-corrected chi connectivity index (χ4v) is 1.88. The zero-order valence-corrected chi connectivity index (χ0v) is 11.1. The van der Waals surface area contributed by atoms with Crippen molar-refractivity contribution >= 4 is 11.2 Å². The maximum absolute atomic E-state index is 11.7. The van der Waals surface area contributed by atoms with Gasteiger partial charge in [-0.3, -0.25) is 14.3 Å². The summed E-state index contributed by atoms with van der Waals surface area (Å²) >= 11 is 0. The van der Waals surface area contributed by atoms with E-state index >= 15 is 0 Å². The van der Waals surface area contributed by atoms with Crippen LogP contribution in [0.4, 0.5) is 0 Å². The summed E-state index contributed by atoms with van der Waals surface area (Å²) in [6.07, 6.45) is 0. The number of nitrogens with zero attached hydrogens (tertiary/aromatic N) is 2. The number of aryl methyl sites for hydroxylation is 1. The van der Waals surface area contributed by atoms with Crippen molar-refractivity contribution < 1.29 is 0 Å². The summed E-state index contributed by atoms with van der Waals surface area (Å²) in [5, 5.41) is 0. The molecule has 0 amide bonds. The smallest absolute Gasteiger partial charge is 0.330 e. The quantitative estimate of drug-likeness (QED) is 0.858. The summed E-state index contributed by atoms with van der Waals surface area (Å²) < 4.78 is 1.46. The third-order valence-electron chi connectivity index (χ3n) is 3.40. The van der Waals surface area contributed by atoms with Crippen LogP contribution in [0.15, 0.2) is 9.59 Å². The number of hydrogen-bond donors (Lipinski definition) is 2. The first-order valence-corrected chi connectivity index (χ1v) is 6.18. The van der Waals surface area contributed by atoms with Gasteiger partial charge in [-0.2, -0.15) is 0 Å². The predicted molar refractivity (Wildman–Crippen MR) is 69.9 cm³/mol. The van der Waals surface area contributed by atoms with Crippen LogP contribution in [-0.4, -0.2) is 19.5 Å². The van der Waals surface area contributed by atoms with Gasteiger partial charge >= 0.3 is 5.69 Å². The lowest BCUT2D eigenvalue weighted by molar-refractivity contribution is 0.515. The monoisotopic (exact) mass is 250 g/mol. The van der Waals surface area contributed by atoms with Crippen molar-refractivity contribution in [1.82, 2.24) is 19.5 Å². The van der Waals surface area contributed by atoms with Crippen molar-refractivity contribution in [2.24, 2.45) is 5.92 Å². The molecule has 2 N–H and O–H groups in total. The van der Waals surface area contributed by atoms with Gasteiger partial charge in [0.1, 0.15) is 11.3 Å². The van der Waals surface area contributed by atoms with E-state index in [1.54, 1.807) is 0 Å². The molecule has 0 aliphatic carbocycles. The van der Waals surface area contributed by atoms with Crippen molar-refractivity contribution in [3.63, 3.8) is 0 Å². The van der Waals surface area contributed by atoms with E-state index in [4.69, 9.17) is 0 Å². The molecule has 98 valence electrons. The van der Waals surface area contributed by atoms with Gasteiger partial charge in [-0.15, -0.1) is 0 Å². The molecule has 0 aliphatic heterocycles. The standard InChI is InChI=1S/C12H18N4O2/c1-5-16-10-8(11(17)15-12(16)18)13-9(14-10)7(4)6(2)3/h6-7H,5H2,1-4H3,(H,13,14)(H,15,17,18). The van der Waals surface area contributed by atoms with E-state index in [1.165, 1.54) is 4.57 Å². The Hall–Kier alpha value is -1.85. The van der Waals surface area contributed by atoms with Gasteiger partial charge in [0.15, 0.2) is 5.65 Å². The van der Waals surface area contributed by atoms with Crippen LogP contribution in [-0.2, 0) is 6.54 Å². The Bertz CT molecular complexity index is 677. The highest BCUT2D eigenvalue weighted by Crippen LogP contribution is 2.21. The molecule has 6 heteroatoms. The lowest BCUT2D eigenvalue weighted by Crippen LogP contribution is -2.29. The number of fused-ring (bicyclic) bond motifs is 1. The second-order valence-corrected chi connectivity index (χ2v) is 4.86. The molecule has 0 radical (unpaired) electrons. The van der Waals surface area contributed by atoms with E-state index < -0.39 is 11.2 Å². The van der Waals surface area contributed by atoms with Crippen LogP contribution < -0.4 is 11.2 Å². The SMILES string of the molecule is CCn1c(=O)[nH]c(=O)c2[nH]c(C(C)C(C)C)nc21. The Morgan fingerprint density at radius 1 is 1.22 bits per heavy atom. The molecular formula is C12H18N4O2. The number of H-pyrrole nitrogens is 2. The fourth-order valence-electron chi connectivity index (χ4n) is 1.88. The average molecular weight is 250 g/mol. The van der Waals surface area contributed by atoms with Gasteiger partial charge in [0.25, 0.3) is 5.56 Å². The van der Waals surface area contributed by atoms with E-state index in [-0.39, 0.29) is 5.92 Å². The Morgan fingerprint density at radius 3 is 2.44 bits per heavy atom. The van der Waals surface area contributed by atoms with Crippen LogP contribution in [0, 0.1) is 5.92 Å². The van der Waals surface area contributed by atoms with Crippen molar-refractivity contribution in [2.45, 2.75) is 40.2 Å². The molecule has 2 heterocycles. The molecule has 1 unspecified atom stereocenters. The zero-order chi connectivity index (χ0) is 13.4. The molecule has 0 bridgehead atoms. The minimum atomic E-state index is -0.412. The van der Waals surface area contributed by atoms with E-state index in [0.717, 1.165) is 5.82 Å². The largest absolute Gasteiger partial charge is 0.336 e. The van der Waals surface area contributed by atoms with Crippen molar-refractivity contribution in [1.29, 1.82) is 0 Å². The first-order chi connectivity index (χ1) is 8.45. The Balaban J connectivity index is 2.75. The van der Waals surface area contributed by atoms with E-state index in [2.05, 4.69) is 28.8 Å². The number of imidazole rings is 1. The molecule has 6 nitrogen and oxygen atoms in total. The normalized spacial score (nSPS) is 13.4. The van der Waals surface area contributed by atoms with E-state index in [1.807, 2.05) is 13.8 Å². The highest BCUT2D eigenvalue weighted by atomic mass is 16.2. The van der Waals surface area contributed by atoms with Crippen molar-refractivity contribution in [3.8, 4) is 0 Å². The van der Waals surface area contributed by atoms with E-state index in [9.17, 15) is 9.59 Å². The topological polar surface area (TPSA) is 83.5 Å². The molecule has 0 spiro atoms.